The van der Waals surface area contributed by atoms with E-state index in [9.17, 15) is 39.0 Å². The third-order valence-corrected chi connectivity index (χ3v) is 10.7. The van der Waals surface area contributed by atoms with Crippen LogP contribution in [0.15, 0.2) is 54.6 Å². The molecule has 19 heteroatoms. The van der Waals surface area contributed by atoms with Gasteiger partial charge >= 0.3 is 18.2 Å². The molecule has 0 saturated carbocycles. The van der Waals surface area contributed by atoms with Crippen molar-refractivity contribution < 1.29 is 62.7 Å². The number of aromatic hydroxyl groups is 2. The number of likely N-dealkylation sites (N-methyl/N-ethyl adjacent to an activating group) is 1. The number of amides is 4. The minimum Gasteiger partial charge on any atom is -0.508 e. The van der Waals surface area contributed by atoms with Gasteiger partial charge in [-0.05, 0) is 98.8 Å². The van der Waals surface area contributed by atoms with Gasteiger partial charge in [-0.2, -0.15) is 0 Å². The van der Waals surface area contributed by atoms with Gasteiger partial charge in [0, 0.05) is 99.8 Å². The van der Waals surface area contributed by atoms with Crippen LogP contribution >= 0.6 is 0 Å². The second-order valence-electron chi connectivity index (χ2n) is 18.7. The Hall–Kier alpha value is -6.60. The first-order chi connectivity index (χ1) is 31.5. The summed E-state index contributed by atoms with van der Waals surface area (Å²) in [7, 11) is 1.93. The van der Waals surface area contributed by atoms with Gasteiger partial charge in [-0.3, -0.25) is 19.3 Å². The first-order valence-corrected chi connectivity index (χ1v) is 22.2. The van der Waals surface area contributed by atoms with E-state index in [1.54, 1.807) is 47.9 Å². The summed E-state index contributed by atoms with van der Waals surface area (Å²) in [6.45, 7) is 18.2. The Balaban J connectivity index is 0.00000111. The molecule has 1 spiro atoms. The zero-order valence-electron chi connectivity index (χ0n) is 39.8. The molecule has 0 aliphatic carbocycles. The van der Waals surface area contributed by atoms with Crippen molar-refractivity contribution in [2.45, 2.75) is 78.3 Å². The van der Waals surface area contributed by atoms with E-state index in [4.69, 9.17) is 18.9 Å². The second-order valence-corrected chi connectivity index (χ2v) is 18.7. The number of rotatable bonds is 8. The lowest BCUT2D eigenvalue weighted by Gasteiger charge is -2.36. The van der Waals surface area contributed by atoms with Gasteiger partial charge in [-0.1, -0.05) is 6.07 Å². The van der Waals surface area contributed by atoms with Crippen LogP contribution in [0.2, 0.25) is 0 Å². The molecule has 3 aliphatic heterocycles. The van der Waals surface area contributed by atoms with E-state index in [0.717, 1.165) is 0 Å². The number of esters is 1. The molecule has 0 atom stereocenters. The molecule has 3 aliphatic rings. The highest BCUT2D eigenvalue weighted by molar-refractivity contribution is 6.01. The maximum atomic E-state index is 13.5. The molecule has 1 fully saturated rings. The average molecular weight is 933 g/mol. The molecule has 0 radical (unpaired) electrons. The number of ether oxygens (including phenoxy) is 5. The summed E-state index contributed by atoms with van der Waals surface area (Å²) >= 11 is 0. The quantitative estimate of drug-likeness (QED) is 0.103. The molecule has 6 rings (SSSR count). The van der Waals surface area contributed by atoms with Crippen molar-refractivity contribution in [3.63, 3.8) is 0 Å². The van der Waals surface area contributed by atoms with Crippen LogP contribution in [0.3, 0.4) is 0 Å². The van der Waals surface area contributed by atoms with E-state index in [2.05, 4.69) is 15.4 Å². The molecule has 0 unspecified atom stereocenters. The normalized spacial score (nSPS) is 16.3. The summed E-state index contributed by atoms with van der Waals surface area (Å²) < 4.78 is 27.8. The molecule has 67 heavy (non-hydrogen) atoms. The predicted molar refractivity (Wildman–Crippen MR) is 245 cm³/mol. The Morgan fingerprint density at radius 3 is 1.81 bits per heavy atom. The fraction of sp³-hybridized carbons (Fsp3) is 0.500. The maximum Gasteiger partial charge on any atom is 0.410 e. The number of fused-ring (bicyclic) bond motifs is 6. The highest BCUT2D eigenvalue weighted by atomic mass is 16.6. The molecule has 3 heterocycles. The lowest BCUT2D eigenvalue weighted by atomic mass is 9.77. The number of nitrogens with one attached hydrogen (secondary N) is 2. The topological polar surface area (TPSA) is 226 Å². The molecule has 3 aromatic carbocycles. The van der Waals surface area contributed by atoms with Gasteiger partial charge in [-0.25, -0.2) is 14.4 Å². The molecule has 19 nitrogen and oxygen atoms in total. The number of hydrogen-bond donors (Lipinski definition) is 4. The van der Waals surface area contributed by atoms with Crippen molar-refractivity contribution in [3.05, 3.63) is 82.4 Å². The largest absolute Gasteiger partial charge is 0.508 e. The Morgan fingerprint density at radius 1 is 0.746 bits per heavy atom. The Bertz CT molecular complexity index is 2240. The van der Waals surface area contributed by atoms with Crippen molar-refractivity contribution in [2.75, 3.05) is 79.0 Å². The number of benzene rings is 3. The van der Waals surface area contributed by atoms with Gasteiger partial charge < -0.3 is 59.2 Å². The third kappa shape index (κ3) is 13.7. The highest BCUT2D eigenvalue weighted by Crippen LogP contribution is 2.57. The van der Waals surface area contributed by atoms with Crippen molar-refractivity contribution in [2.24, 2.45) is 0 Å². The van der Waals surface area contributed by atoms with Crippen LogP contribution in [0, 0.1) is 0 Å². The van der Waals surface area contributed by atoms with Crippen molar-refractivity contribution in [3.8, 4) is 23.0 Å². The molecule has 3 aromatic rings. The van der Waals surface area contributed by atoms with Crippen LogP contribution in [0.4, 0.5) is 9.59 Å². The van der Waals surface area contributed by atoms with Gasteiger partial charge in [0.15, 0.2) is 5.60 Å². The van der Waals surface area contributed by atoms with Crippen LogP contribution in [0.25, 0.3) is 0 Å². The highest BCUT2D eigenvalue weighted by Gasteiger charge is 2.54. The maximum absolute atomic E-state index is 13.5. The SMILES string of the molecule is CC(C)(C)OC=O.CC(C)OC(=O)N1CCN(C)CCN(C(=O)OC(C)(C)C)CCN(CC(=O)NCCNC(=O)c2ccc3c(c2)C(=O)OC32c3ccc(O)cc3Oc3cc(O)ccc32)CC1. The van der Waals surface area contributed by atoms with Gasteiger partial charge in [0.25, 0.3) is 12.4 Å². The molecule has 4 amide bonds. The number of phenolic OH excluding ortho intramolecular Hbond substituents is 2. The summed E-state index contributed by atoms with van der Waals surface area (Å²) in [5.41, 5.74) is -0.717. The summed E-state index contributed by atoms with van der Waals surface area (Å²) in [5.74, 6) is -1.12. The summed E-state index contributed by atoms with van der Waals surface area (Å²) in [5, 5.41) is 26.0. The second kappa shape index (κ2) is 21.8. The van der Waals surface area contributed by atoms with Crippen molar-refractivity contribution in [1.82, 2.24) is 30.2 Å². The summed E-state index contributed by atoms with van der Waals surface area (Å²) in [6, 6.07) is 13.6. The van der Waals surface area contributed by atoms with E-state index in [1.807, 2.05) is 58.4 Å². The first kappa shape index (κ1) is 51.4. The molecule has 0 aromatic heterocycles. The predicted octanol–water partition coefficient (Wildman–Crippen LogP) is 4.80. The molecule has 1 saturated heterocycles. The molecule has 0 bridgehead atoms. The Labute approximate surface area is 391 Å². The van der Waals surface area contributed by atoms with Gasteiger partial charge in [0.1, 0.15) is 34.2 Å². The van der Waals surface area contributed by atoms with E-state index >= 15 is 0 Å². The monoisotopic (exact) mass is 932 g/mol. The van der Waals surface area contributed by atoms with Gasteiger partial charge in [0.2, 0.25) is 5.91 Å². The number of carbonyl (C=O) groups is 6. The van der Waals surface area contributed by atoms with Crippen LogP contribution in [-0.4, -0.2) is 163 Å². The van der Waals surface area contributed by atoms with Crippen molar-refractivity contribution >= 4 is 36.4 Å². The number of hydrogen-bond acceptors (Lipinski definition) is 15. The van der Waals surface area contributed by atoms with Crippen LogP contribution in [0.1, 0.15) is 92.8 Å². The average Bonchev–Trinajstić information content (AvgIpc) is 3.51. The Kier molecular flexibility index (Phi) is 16.7. The third-order valence-electron chi connectivity index (χ3n) is 10.7. The number of carbonyl (C=O) groups excluding carboxylic acids is 6. The molecule has 364 valence electrons. The Morgan fingerprint density at radius 2 is 1.28 bits per heavy atom. The van der Waals surface area contributed by atoms with Crippen LogP contribution < -0.4 is 15.4 Å². The molecule has 4 N–H and O–H groups in total. The smallest absolute Gasteiger partial charge is 0.410 e. The minimum atomic E-state index is -1.46. The summed E-state index contributed by atoms with van der Waals surface area (Å²) in [4.78, 5) is 82.9. The van der Waals surface area contributed by atoms with E-state index < -0.39 is 35.3 Å². The lowest BCUT2D eigenvalue weighted by Crippen LogP contribution is -2.50. The van der Waals surface area contributed by atoms with E-state index in [-0.39, 0.29) is 77.9 Å². The van der Waals surface area contributed by atoms with E-state index in [1.165, 1.54) is 30.3 Å². The fourth-order valence-corrected chi connectivity index (χ4v) is 7.41. The van der Waals surface area contributed by atoms with Gasteiger partial charge in [0.05, 0.1) is 18.2 Å². The molecular formula is C48H64N6O13. The fourth-order valence-electron chi connectivity index (χ4n) is 7.41. The summed E-state index contributed by atoms with van der Waals surface area (Å²) in [6.07, 6.45) is -1.18. The first-order valence-electron chi connectivity index (χ1n) is 22.2. The molecular weight excluding hydrogens is 869 g/mol. The van der Waals surface area contributed by atoms with Crippen LogP contribution in [0.5, 0.6) is 23.0 Å². The standard InChI is InChI=1S/C43H54N6O11.C5H10O2/c1-27(2)57-40(55)48-19-15-46(6)16-20-49(41(56)60-42(3,4)5)22-18-47(17-21-48)26-37(52)44-13-14-45-38(53)28-7-10-32-31(23-28)39(54)59-43(32)33-11-8-29(50)24-35(33)58-36-25-30(51)9-12-34(36)43;1-5(2,3)7-4-6/h7-12,23-25,27,50-51H,13-22,26H2,1-6H3,(H,44,52)(H,45,53);4H,1-3H3. The van der Waals surface area contributed by atoms with Crippen molar-refractivity contribution in [1.29, 1.82) is 0 Å². The number of nitrogens with zero attached hydrogens (tertiary/aromatic N) is 4. The zero-order valence-corrected chi connectivity index (χ0v) is 39.8. The number of phenols is 2. The zero-order chi connectivity index (χ0) is 49.3. The van der Waals surface area contributed by atoms with Crippen LogP contribution in [-0.2, 0) is 34.1 Å². The van der Waals surface area contributed by atoms with E-state index in [0.29, 0.717) is 69.0 Å². The van der Waals surface area contributed by atoms with Gasteiger partial charge in [-0.15, -0.1) is 0 Å². The minimum absolute atomic E-state index is 0.0334. The lowest BCUT2D eigenvalue weighted by molar-refractivity contribution is -0.138.